The molecule has 4 rings (SSSR count). The van der Waals surface area contributed by atoms with Crippen LogP contribution in [0.2, 0.25) is 0 Å². The number of hydrogen-bond donors (Lipinski definition) is 1. The number of aromatic nitrogens is 2. The highest BCUT2D eigenvalue weighted by atomic mass is 16.5. The third-order valence-corrected chi connectivity index (χ3v) is 5.01. The Labute approximate surface area is 158 Å². The zero-order chi connectivity index (χ0) is 18.6. The molecule has 1 fully saturated rings. The van der Waals surface area contributed by atoms with E-state index in [4.69, 9.17) is 4.74 Å². The first-order valence-electron chi connectivity index (χ1n) is 9.20. The van der Waals surface area contributed by atoms with Crippen molar-refractivity contribution in [3.05, 3.63) is 87.8 Å². The van der Waals surface area contributed by atoms with Crippen molar-refractivity contribution < 1.29 is 4.74 Å². The molecule has 1 aliphatic heterocycles. The van der Waals surface area contributed by atoms with Gasteiger partial charge < -0.3 is 9.72 Å². The molecule has 0 saturated carbocycles. The Morgan fingerprint density at radius 3 is 2.59 bits per heavy atom. The highest BCUT2D eigenvalue weighted by Crippen LogP contribution is 2.34. The van der Waals surface area contributed by atoms with Gasteiger partial charge in [0.15, 0.2) is 0 Å². The summed E-state index contributed by atoms with van der Waals surface area (Å²) < 4.78 is 5.08. The first-order valence-corrected chi connectivity index (χ1v) is 9.20. The minimum Gasteiger partial charge on any atom is -0.378 e. The minimum atomic E-state index is -0.164. The fourth-order valence-corrected chi connectivity index (χ4v) is 3.55. The number of H-pyrrole nitrogens is 1. The van der Waals surface area contributed by atoms with Crippen LogP contribution in [0.4, 0.5) is 0 Å². The molecule has 0 aliphatic carbocycles. The standard InChI is InChI=1S/C22H23N3O2/c1-27-15-19-13-21(26)24-22(23-19)18-9-7-16(8-10-18)14-25-12-11-20(25)17-5-3-2-4-6-17/h2-10,13,20H,11-12,14-15H2,1H3,(H,23,24,26). The summed E-state index contributed by atoms with van der Waals surface area (Å²) in [5.41, 5.74) is 4.01. The summed E-state index contributed by atoms with van der Waals surface area (Å²) in [6.45, 7) is 2.37. The molecular formula is C22H23N3O2. The van der Waals surface area contributed by atoms with Gasteiger partial charge in [0.25, 0.3) is 5.56 Å². The van der Waals surface area contributed by atoms with E-state index in [1.54, 1.807) is 7.11 Å². The first kappa shape index (κ1) is 17.6. The van der Waals surface area contributed by atoms with E-state index in [1.807, 2.05) is 12.1 Å². The van der Waals surface area contributed by atoms with Gasteiger partial charge in [-0.1, -0.05) is 54.6 Å². The largest absolute Gasteiger partial charge is 0.378 e. The van der Waals surface area contributed by atoms with E-state index in [0.717, 1.165) is 18.7 Å². The summed E-state index contributed by atoms with van der Waals surface area (Å²) in [4.78, 5) is 21.6. The van der Waals surface area contributed by atoms with Gasteiger partial charge in [-0.15, -0.1) is 0 Å². The maximum Gasteiger partial charge on any atom is 0.251 e. The third-order valence-electron chi connectivity index (χ3n) is 5.01. The molecule has 1 aromatic heterocycles. The van der Waals surface area contributed by atoms with Crippen LogP contribution in [0, 0.1) is 0 Å². The van der Waals surface area contributed by atoms with E-state index in [9.17, 15) is 4.79 Å². The summed E-state index contributed by atoms with van der Waals surface area (Å²) in [5, 5.41) is 0. The van der Waals surface area contributed by atoms with Gasteiger partial charge in [0.2, 0.25) is 0 Å². The predicted octanol–water partition coefficient (Wildman–Crippen LogP) is 3.53. The lowest BCUT2D eigenvalue weighted by Crippen LogP contribution is -2.40. The van der Waals surface area contributed by atoms with Crippen molar-refractivity contribution in [2.24, 2.45) is 0 Å². The van der Waals surface area contributed by atoms with Crippen LogP contribution in [0.15, 0.2) is 65.5 Å². The lowest BCUT2D eigenvalue weighted by molar-refractivity contribution is 0.0819. The Balaban J connectivity index is 1.48. The zero-order valence-electron chi connectivity index (χ0n) is 15.4. The van der Waals surface area contributed by atoms with Crippen molar-refractivity contribution in [2.75, 3.05) is 13.7 Å². The second-order valence-corrected chi connectivity index (χ2v) is 6.90. The van der Waals surface area contributed by atoms with Gasteiger partial charge in [0, 0.05) is 37.9 Å². The van der Waals surface area contributed by atoms with Crippen LogP contribution in [0.3, 0.4) is 0 Å². The highest BCUT2D eigenvalue weighted by Gasteiger charge is 2.28. The van der Waals surface area contributed by atoms with Gasteiger partial charge in [-0.3, -0.25) is 9.69 Å². The average Bonchev–Trinajstić information content (AvgIpc) is 2.66. The van der Waals surface area contributed by atoms with Crippen molar-refractivity contribution in [3.63, 3.8) is 0 Å². The number of nitrogens with one attached hydrogen (secondary N) is 1. The molecule has 2 aromatic carbocycles. The SMILES string of the molecule is COCc1cc(=O)[nH]c(-c2ccc(CN3CCC3c3ccccc3)cc2)n1. The highest BCUT2D eigenvalue weighted by molar-refractivity contribution is 5.55. The molecule has 0 radical (unpaired) electrons. The Kier molecular flexibility index (Phi) is 5.14. The molecule has 2 heterocycles. The van der Waals surface area contributed by atoms with Crippen molar-refractivity contribution >= 4 is 0 Å². The van der Waals surface area contributed by atoms with Gasteiger partial charge >= 0.3 is 0 Å². The van der Waals surface area contributed by atoms with Crippen LogP contribution >= 0.6 is 0 Å². The van der Waals surface area contributed by atoms with E-state index < -0.39 is 0 Å². The fourth-order valence-electron chi connectivity index (χ4n) is 3.55. The minimum absolute atomic E-state index is 0.164. The number of ether oxygens (including phenoxy) is 1. The summed E-state index contributed by atoms with van der Waals surface area (Å²) >= 11 is 0. The molecule has 0 spiro atoms. The summed E-state index contributed by atoms with van der Waals surface area (Å²) in [6.07, 6.45) is 1.21. The molecule has 5 heteroatoms. The van der Waals surface area contributed by atoms with Gasteiger partial charge in [0.1, 0.15) is 5.82 Å². The number of methoxy groups -OCH3 is 1. The number of aromatic amines is 1. The van der Waals surface area contributed by atoms with E-state index in [2.05, 4.69) is 57.3 Å². The molecule has 3 aromatic rings. The lowest BCUT2D eigenvalue weighted by atomic mass is 9.94. The average molecular weight is 361 g/mol. The molecule has 1 unspecified atom stereocenters. The smallest absolute Gasteiger partial charge is 0.251 e. The van der Waals surface area contributed by atoms with Gasteiger partial charge in [-0.25, -0.2) is 4.98 Å². The maximum absolute atomic E-state index is 11.8. The van der Waals surface area contributed by atoms with Crippen molar-refractivity contribution in [1.29, 1.82) is 0 Å². The number of likely N-dealkylation sites (tertiary alicyclic amines) is 1. The lowest BCUT2D eigenvalue weighted by Gasteiger charge is -2.41. The van der Waals surface area contributed by atoms with Crippen molar-refractivity contribution in [3.8, 4) is 11.4 Å². The fraction of sp³-hybridized carbons (Fsp3) is 0.273. The van der Waals surface area contributed by atoms with E-state index in [0.29, 0.717) is 24.2 Å². The second kappa shape index (κ2) is 7.86. The molecule has 1 atom stereocenters. The molecule has 1 aliphatic rings. The molecule has 1 N–H and O–H groups in total. The number of benzene rings is 2. The van der Waals surface area contributed by atoms with Crippen LogP contribution in [0.5, 0.6) is 0 Å². The monoisotopic (exact) mass is 361 g/mol. The Morgan fingerprint density at radius 1 is 1.15 bits per heavy atom. The van der Waals surface area contributed by atoms with Gasteiger partial charge in [-0.2, -0.15) is 0 Å². The van der Waals surface area contributed by atoms with Crippen LogP contribution in [-0.4, -0.2) is 28.5 Å². The first-order chi connectivity index (χ1) is 13.2. The summed E-state index contributed by atoms with van der Waals surface area (Å²) in [6, 6.07) is 20.9. The number of rotatable bonds is 6. The molecule has 138 valence electrons. The van der Waals surface area contributed by atoms with E-state index >= 15 is 0 Å². The summed E-state index contributed by atoms with van der Waals surface area (Å²) in [5.74, 6) is 0.576. The molecule has 0 bridgehead atoms. The third kappa shape index (κ3) is 3.99. The molecule has 0 amide bonds. The Morgan fingerprint density at radius 2 is 1.93 bits per heavy atom. The molecule has 27 heavy (non-hydrogen) atoms. The molecule has 5 nitrogen and oxygen atoms in total. The number of hydrogen-bond acceptors (Lipinski definition) is 4. The molecular weight excluding hydrogens is 338 g/mol. The maximum atomic E-state index is 11.8. The quantitative estimate of drug-likeness (QED) is 0.730. The van der Waals surface area contributed by atoms with Crippen LogP contribution < -0.4 is 5.56 Å². The normalized spacial score (nSPS) is 16.9. The Bertz CT molecular complexity index is 951. The zero-order valence-corrected chi connectivity index (χ0v) is 15.4. The molecule has 1 saturated heterocycles. The van der Waals surface area contributed by atoms with E-state index in [-0.39, 0.29) is 5.56 Å². The Hall–Kier alpha value is -2.76. The second-order valence-electron chi connectivity index (χ2n) is 6.90. The van der Waals surface area contributed by atoms with Crippen LogP contribution in [0.1, 0.15) is 29.3 Å². The van der Waals surface area contributed by atoms with Crippen LogP contribution in [0.25, 0.3) is 11.4 Å². The summed E-state index contributed by atoms with van der Waals surface area (Å²) in [7, 11) is 1.59. The van der Waals surface area contributed by atoms with Gasteiger partial charge in [0.05, 0.1) is 12.3 Å². The van der Waals surface area contributed by atoms with Gasteiger partial charge in [-0.05, 0) is 17.5 Å². The van der Waals surface area contributed by atoms with Crippen molar-refractivity contribution in [1.82, 2.24) is 14.9 Å². The number of nitrogens with zero attached hydrogens (tertiary/aromatic N) is 2. The van der Waals surface area contributed by atoms with E-state index in [1.165, 1.54) is 23.6 Å². The van der Waals surface area contributed by atoms with Crippen LogP contribution in [-0.2, 0) is 17.9 Å². The topological polar surface area (TPSA) is 58.2 Å². The van der Waals surface area contributed by atoms with Crippen molar-refractivity contribution in [2.45, 2.75) is 25.6 Å². The predicted molar refractivity (Wildman–Crippen MR) is 105 cm³/mol.